The fourth-order valence-electron chi connectivity index (χ4n) is 2.48. The van der Waals surface area contributed by atoms with Crippen molar-refractivity contribution in [2.45, 2.75) is 37.2 Å². The summed E-state index contributed by atoms with van der Waals surface area (Å²) in [6, 6.07) is 17.7. The molecular weight excluding hydrogens is 502 g/mol. The van der Waals surface area contributed by atoms with Crippen molar-refractivity contribution in [3.8, 4) is 0 Å². The number of thioether (sulfide) groups is 1. The lowest BCUT2D eigenvalue weighted by Gasteiger charge is -2.35. The van der Waals surface area contributed by atoms with Crippen LogP contribution in [0.5, 0.6) is 0 Å². The van der Waals surface area contributed by atoms with Crippen LogP contribution < -0.4 is 0 Å². The van der Waals surface area contributed by atoms with Gasteiger partial charge in [0.05, 0.1) is 0 Å². The van der Waals surface area contributed by atoms with Crippen molar-refractivity contribution in [3.05, 3.63) is 66.8 Å². The van der Waals surface area contributed by atoms with Gasteiger partial charge in [0.2, 0.25) is 0 Å². The molecule has 0 N–H and O–H groups in total. The standard InChI is InChI=1S/C18H20I2S/c1-17(2,13-7-5-9-15(19)11-13)21-18(3,4)14-8-6-10-16(20)12-14/h5-12H,1-4H3. The monoisotopic (exact) mass is 522 g/mol. The van der Waals surface area contributed by atoms with Gasteiger partial charge in [0.1, 0.15) is 0 Å². The second-order valence-corrected chi connectivity index (χ2v) is 10.9. The van der Waals surface area contributed by atoms with Crippen molar-refractivity contribution in [1.29, 1.82) is 0 Å². The van der Waals surface area contributed by atoms with Gasteiger partial charge in [0.25, 0.3) is 0 Å². The van der Waals surface area contributed by atoms with E-state index < -0.39 is 0 Å². The van der Waals surface area contributed by atoms with Gasteiger partial charge in [0.15, 0.2) is 0 Å². The predicted octanol–water partition coefficient (Wildman–Crippen LogP) is 6.80. The van der Waals surface area contributed by atoms with Gasteiger partial charge in [-0.3, -0.25) is 0 Å². The molecule has 112 valence electrons. The summed E-state index contributed by atoms with van der Waals surface area (Å²) in [6.07, 6.45) is 0. The lowest BCUT2D eigenvalue weighted by Crippen LogP contribution is -2.23. The van der Waals surface area contributed by atoms with Crippen LogP contribution in [0.2, 0.25) is 0 Å². The van der Waals surface area contributed by atoms with Crippen LogP contribution in [0.4, 0.5) is 0 Å². The van der Waals surface area contributed by atoms with Gasteiger partial charge in [-0.15, -0.1) is 11.8 Å². The van der Waals surface area contributed by atoms with Gasteiger partial charge in [0, 0.05) is 16.6 Å². The zero-order chi connectivity index (χ0) is 15.7. The maximum Gasteiger partial charge on any atom is 0.0361 e. The summed E-state index contributed by atoms with van der Waals surface area (Å²) in [6.45, 7) is 9.27. The summed E-state index contributed by atoms with van der Waals surface area (Å²) in [4.78, 5) is 0. The average Bonchev–Trinajstić information content (AvgIpc) is 2.37. The van der Waals surface area contributed by atoms with Crippen LogP contribution in [0.15, 0.2) is 48.5 Å². The molecule has 0 atom stereocenters. The normalized spacial score (nSPS) is 12.5. The summed E-state index contributed by atoms with van der Waals surface area (Å²) >= 11 is 6.80. The fourth-order valence-corrected chi connectivity index (χ4v) is 5.33. The van der Waals surface area contributed by atoms with E-state index in [9.17, 15) is 0 Å². The Kier molecular flexibility index (Phi) is 5.69. The molecule has 0 aliphatic carbocycles. The molecule has 2 rings (SSSR count). The molecule has 0 aromatic heterocycles. The van der Waals surface area contributed by atoms with Crippen molar-refractivity contribution >= 4 is 56.9 Å². The minimum absolute atomic E-state index is 0.0754. The molecule has 2 aromatic rings. The Bertz CT molecular complexity index is 577. The molecular formula is C18H20I2S. The van der Waals surface area contributed by atoms with Gasteiger partial charge in [-0.2, -0.15) is 0 Å². The molecule has 21 heavy (non-hydrogen) atoms. The van der Waals surface area contributed by atoms with Crippen LogP contribution >= 0.6 is 56.9 Å². The largest absolute Gasteiger partial charge is 0.140 e. The molecule has 0 aliphatic rings. The first kappa shape index (κ1) is 17.6. The molecule has 0 bridgehead atoms. The lowest BCUT2D eigenvalue weighted by atomic mass is 10.0. The Labute approximate surface area is 159 Å². The smallest absolute Gasteiger partial charge is 0.0361 e. The number of hydrogen-bond donors (Lipinski definition) is 0. The second-order valence-electron chi connectivity index (χ2n) is 6.14. The van der Waals surface area contributed by atoms with Gasteiger partial charge in [-0.1, -0.05) is 24.3 Å². The zero-order valence-electron chi connectivity index (χ0n) is 12.8. The van der Waals surface area contributed by atoms with Gasteiger partial charge in [-0.25, -0.2) is 0 Å². The van der Waals surface area contributed by atoms with E-state index in [1.54, 1.807) is 0 Å². The topological polar surface area (TPSA) is 0 Å². The Hall–Kier alpha value is 0.250. The van der Waals surface area contributed by atoms with E-state index in [0.29, 0.717) is 0 Å². The summed E-state index contributed by atoms with van der Waals surface area (Å²) < 4.78 is 2.74. The molecule has 0 aliphatic heterocycles. The molecule has 2 aromatic carbocycles. The Morgan fingerprint density at radius 2 is 1.10 bits per heavy atom. The highest BCUT2D eigenvalue weighted by Gasteiger charge is 2.32. The van der Waals surface area contributed by atoms with E-state index in [1.807, 2.05) is 11.8 Å². The van der Waals surface area contributed by atoms with E-state index in [0.717, 1.165) is 0 Å². The molecule has 0 nitrogen and oxygen atoms in total. The first-order valence-electron chi connectivity index (χ1n) is 6.93. The van der Waals surface area contributed by atoms with Crippen LogP contribution in [0.25, 0.3) is 0 Å². The summed E-state index contributed by atoms with van der Waals surface area (Å²) in [5.41, 5.74) is 2.77. The molecule has 0 fully saturated rings. The third kappa shape index (κ3) is 4.61. The molecule has 0 amide bonds. The van der Waals surface area contributed by atoms with Crippen molar-refractivity contribution in [2.24, 2.45) is 0 Å². The molecule has 0 heterocycles. The Morgan fingerprint density at radius 1 is 0.714 bits per heavy atom. The summed E-state index contributed by atoms with van der Waals surface area (Å²) in [5.74, 6) is 0. The second kappa shape index (κ2) is 6.79. The maximum atomic E-state index is 2.39. The summed E-state index contributed by atoms with van der Waals surface area (Å²) in [7, 11) is 0. The van der Waals surface area contributed by atoms with Crippen LogP contribution in [0.1, 0.15) is 38.8 Å². The van der Waals surface area contributed by atoms with Crippen LogP contribution in [0, 0.1) is 7.14 Å². The number of benzene rings is 2. The minimum atomic E-state index is 0.0754. The molecule has 0 saturated carbocycles. The van der Waals surface area contributed by atoms with E-state index in [4.69, 9.17) is 0 Å². The number of rotatable bonds is 4. The minimum Gasteiger partial charge on any atom is -0.140 e. The molecule has 3 heteroatoms. The number of hydrogen-bond acceptors (Lipinski definition) is 1. The van der Waals surface area contributed by atoms with E-state index >= 15 is 0 Å². The van der Waals surface area contributed by atoms with Gasteiger partial charge in [-0.05, 0) is 108 Å². The highest BCUT2D eigenvalue weighted by atomic mass is 127. The Morgan fingerprint density at radius 3 is 1.43 bits per heavy atom. The van der Waals surface area contributed by atoms with Crippen LogP contribution in [-0.4, -0.2) is 0 Å². The highest BCUT2D eigenvalue weighted by Crippen LogP contribution is 2.48. The lowest BCUT2D eigenvalue weighted by molar-refractivity contribution is 0.716. The highest BCUT2D eigenvalue weighted by molar-refractivity contribution is 14.1. The van der Waals surface area contributed by atoms with Crippen molar-refractivity contribution in [2.75, 3.05) is 0 Å². The van der Waals surface area contributed by atoms with Crippen molar-refractivity contribution < 1.29 is 0 Å². The zero-order valence-corrected chi connectivity index (χ0v) is 17.9. The third-order valence-corrected chi connectivity index (χ3v) is 6.38. The number of halogens is 2. The quantitative estimate of drug-likeness (QED) is 0.399. The SMILES string of the molecule is CC(C)(SC(C)(C)c1cccc(I)c1)c1cccc(I)c1. The third-order valence-electron chi connectivity index (χ3n) is 3.55. The molecule has 0 spiro atoms. The Balaban J connectivity index is 2.30. The fraction of sp³-hybridized carbons (Fsp3) is 0.333. The first-order valence-corrected chi connectivity index (χ1v) is 9.90. The predicted molar refractivity (Wildman–Crippen MR) is 112 cm³/mol. The molecule has 0 radical (unpaired) electrons. The van der Waals surface area contributed by atoms with Gasteiger partial charge < -0.3 is 0 Å². The maximum absolute atomic E-state index is 2.39. The van der Waals surface area contributed by atoms with Crippen molar-refractivity contribution in [3.63, 3.8) is 0 Å². The summed E-state index contributed by atoms with van der Waals surface area (Å²) in [5, 5.41) is 0. The molecule has 0 saturated heterocycles. The van der Waals surface area contributed by atoms with E-state index in [-0.39, 0.29) is 9.49 Å². The van der Waals surface area contributed by atoms with Crippen molar-refractivity contribution in [1.82, 2.24) is 0 Å². The average molecular weight is 522 g/mol. The van der Waals surface area contributed by atoms with Crippen LogP contribution in [0.3, 0.4) is 0 Å². The van der Waals surface area contributed by atoms with Gasteiger partial charge >= 0.3 is 0 Å². The van der Waals surface area contributed by atoms with Crippen LogP contribution in [-0.2, 0) is 9.49 Å². The molecule has 0 unspecified atom stereocenters. The van der Waals surface area contributed by atoms with E-state index in [1.165, 1.54) is 18.3 Å². The first-order chi connectivity index (χ1) is 9.71. The van der Waals surface area contributed by atoms with E-state index in [2.05, 4.69) is 121 Å².